The lowest BCUT2D eigenvalue weighted by Gasteiger charge is -2.34. The predicted molar refractivity (Wildman–Crippen MR) is 95.3 cm³/mol. The molecule has 4 nitrogen and oxygen atoms in total. The Kier molecular flexibility index (Phi) is 4.97. The second-order valence-corrected chi connectivity index (χ2v) is 7.17. The van der Waals surface area contributed by atoms with Gasteiger partial charge in [0.25, 0.3) is 5.89 Å². The molecule has 3 rings (SSSR count). The largest absolute Gasteiger partial charge is 0.335 e. The van der Waals surface area contributed by atoms with Crippen LogP contribution in [0, 0.1) is 0 Å². The Bertz CT molecular complexity index is 679. The van der Waals surface area contributed by atoms with Crippen LogP contribution in [0.2, 0.25) is 0 Å². The fourth-order valence-electron chi connectivity index (χ4n) is 2.55. The molecule has 0 atom stereocenters. The third-order valence-corrected chi connectivity index (χ3v) is 4.33. The number of hydrogen-bond donors (Lipinski definition) is 1. The highest BCUT2D eigenvalue weighted by Gasteiger charge is 2.38. The third-order valence-electron chi connectivity index (χ3n) is 4.33. The summed E-state index contributed by atoms with van der Waals surface area (Å²) in [5.74, 6) is 1.13. The zero-order valence-electron chi connectivity index (χ0n) is 13.9. The highest BCUT2D eigenvalue weighted by molar-refractivity contribution is 5.85. The summed E-state index contributed by atoms with van der Waals surface area (Å²) < 4.78 is 5.26. The topological polar surface area (TPSA) is 64.9 Å². The molecule has 124 valence electrons. The highest BCUT2D eigenvalue weighted by Crippen LogP contribution is 2.36. The first kappa shape index (κ1) is 17.7. The minimum absolute atomic E-state index is 0. The summed E-state index contributed by atoms with van der Waals surface area (Å²) >= 11 is 0. The van der Waals surface area contributed by atoms with Crippen LogP contribution in [0.15, 0.2) is 28.8 Å². The van der Waals surface area contributed by atoms with Crippen molar-refractivity contribution in [1.82, 2.24) is 10.1 Å². The van der Waals surface area contributed by atoms with Gasteiger partial charge < -0.3 is 10.3 Å². The molecule has 1 aromatic carbocycles. The first-order chi connectivity index (χ1) is 10.4. The van der Waals surface area contributed by atoms with Gasteiger partial charge in [-0.05, 0) is 41.9 Å². The number of halogens is 1. The van der Waals surface area contributed by atoms with E-state index in [0.717, 1.165) is 24.8 Å². The van der Waals surface area contributed by atoms with Gasteiger partial charge in [0.15, 0.2) is 5.82 Å². The van der Waals surface area contributed by atoms with Crippen molar-refractivity contribution in [3.63, 3.8) is 0 Å². The van der Waals surface area contributed by atoms with E-state index in [9.17, 15) is 0 Å². The van der Waals surface area contributed by atoms with Crippen LogP contribution in [0.3, 0.4) is 0 Å². The Balaban J connectivity index is 0.00000192. The molecule has 1 fully saturated rings. The van der Waals surface area contributed by atoms with E-state index in [0.29, 0.717) is 11.7 Å². The smallest absolute Gasteiger partial charge is 0.250 e. The molecule has 1 aliphatic rings. The van der Waals surface area contributed by atoms with Gasteiger partial charge in [0.05, 0.1) is 5.54 Å². The first-order valence-corrected chi connectivity index (χ1v) is 7.79. The van der Waals surface area contributed by atoms with Crippen LogP contribution < -0.4 is 5.73 Å². The van der Waals surface area contributed by atoms with Crippen LogP contribution in [-0.2, 0) is 11.0 Å². The molecular weight excluding hydrogens is 310 g/mol. The number of hydrogen-bond acceptors (Lipinski definition) is 4. The fraction of sp³-hybridized carbons (Fsp3) is 0.444. The van der Waals surface area contributed by atoms with Crippen molar-refractivity contribution in [2.24, 2.45) is 5.73 Å². The van der Waals surface area contributed by atoms with Crippen LogP contribution in [0.4, 0.5) is 0 Å². The van der Waals surface area contributed by atoms with Gasteiger partial charge in [-0.3, -0.25) is 0 Å². The molecular formula is C18H24ClN3O. The van der Waals surface area contributed by atoms with Crippen LogP contribution in [-0.4, -0.2) is 10.1 Å². The molecule has 1 aliphatic carbocycles. The summed E-state index contributed by atoms with van der Waals surface area (Å²) in [7, 11) is 0. The molecule has 0 bridgehead atoms. The Hall–Kier alpha value is -1.65. The zero-order chi connectivity index (χ0) is 15.8. The highest BCUT2D eigenvalue weighted by atomic mass is 35.5. The minimum Gasteiger partial charge on any atom is -0.335 e. The molecule has 2 aromatic rings. The number of nitrogens with two attached hydrogens (primary N) is 1. The van der Waals surface area contributed by atoms with E-state index in [1.807, 2.05) is 12.2 Å². The normalized spacial score (nSPS) is 16.9. The Labute approximate surface area is 143 Å². The van der Waals surface area contributed by atoms with Crippen molar-refractivity contribution < 1.29 is 4.52 Å². The fourth-order valence-corrected chi connectivity index (χ4v) is 2.55. The summed E-state index contributed by atoms with van der Waals surface area (Å²) in [5, 5.41) is 4.01. The summed E-state index contributed by atoms with van der Waals surface area (Å²) in [6.07, 6.45) is 6.82. The lowest BCUT2D eigenvalue weighted by Crippen LogP contribution is -2.44. The average Bonchev–Trinajstić information content (AvgIpc) is 2.91. The molecule has 0 aliphatic heterocycles. The average molecular weight is 334 g/mol. The van der Waals surface area contributed by atoms with Gasteiger partial charge in [-0.1, -0.05) is 50.2 Å². The Morgan fingerprint density at radius 1 is 1.13 bits per heavy atom. The molecule has 1 heterocycles. The van der Waals surface area contributed by atoms with Gasteiger partial charge in [-0.15, -0.1) is 12.4 Å². The minimum atomic E-state index is -0.371. The van der Waals surface area contributed by atoms with Crippen LogP contribution in [0.25, 0.3) is 12.2 Å². The van der Waals surface area contributed by atoms with Crippen molar-refractivity contribution in [3.8, 4) is 0 Å². The second-order valence-electron chi connectivity index (χ2n) is 7.17. The second kappa shape index (κ2) is 6.46. The van der Waals surface area contributed by atoms with Crippen molar-refractivity contribution in [2.75, 3.05) is 0 Å². The Morgan fingerprint density at radius 3 is 2.30 bits per heavy atom. The van der Waals surface area contributed by atoms with Crippen LogP contribution in [0.5, 0.6) is 0 Å². The zero-order valence-corrected chi connectivity index (χ0v) is 14.7. The van der Waals surface area contributed by atoms with Gasteiger partial charge in [-0.25, -0.2) is 0 Å². The van der Waals surface area contributed by atoms with E-state index in [1.165, 1.54) is 5.56 Å². The molecule has 23 heavy (non-hydrogen) atoms. The third kappa shape index (κ3) is 3.82. The maximum absolute atomic E-state index is 6.19. The van der Waals surface area contributed by atoms with E-state index in [1.54, 1.807) is 0 Å². The summed E-state index contributed by atoms with van der Waals surface area (Å²) in [6.45, 7) is 6.63. The lowest BCUT2D eigenvalue weighted by molar-refractivity contribution is 0.229. The monoisotopic (exact) mass is 333 g/mol. The van der Waals surface area contributed by atoms with Crippen LogP contribution >= 0.6 is 12.4 Å². The van der Waals surface area contributed by atoms with E-state index in [2.05, 4.69) is 55.2 Å². The van der Waals surface area contributed by atoms with E-state index in [4.69, 9.17) is 10.3 Å². The standard InChI is InChI=1S/C18H23N3O.ClH/c1-17(2,3)14-8-5-13(6-9-14)7-10-15-20-16(21-22-15)18(19)11-4-12-18;/h5-10H,4,11-12,19H2,1-3H3;1H/b10-7+;. The van der Waals surface area contributed by atoms with Gasteiger partial charge in [0, 0.05) is 6.08 Å². The molecule has 0 radical (unpaired) electrons. The van der Waals surface area contributed by atoms with Crippen molar-refractivity contribution in [3.05, 3.63) is 47.1 Å². The number of rotatable bonds is 3. The van der Waals surface area contributed by atoms with Gasteiger partial charge in [0.2, 0.25) is 0 Å². The molecule has 0 amide bonds. The lowest BCUT2D eigenvalue weighted by atomic mass is 9.77. The van der Waals surface area contributed by atoms with Gasteiger partial charge >= 0.3 is 0 Å². The summed E-state index contributed by atoms with van der Waals surface area (Å²) in [5.41, 5.74) is 8.42. The molecule has 0 unspecified atom stereocenters. The number of nitrogens with zero attached hydrogens (tertiary/aromatic N) is 2. The number of benzene rings is 1. The van der Waals surface area contributed by atoms with E-state index < -0.39 is 0 Å². The maximum atomic E-state index is 6.19. The molecule has 1 aromatic heterocycles. The van der Waals surface area contributed by atoms with E-state index >= 15 is 0 Å². The Morgan fingerprint density at radius 2 is 1.78 bits per heavy atom. The van der Waals surface area contributed by atoms with Crippen LogP contribution in [0.1, 0.15) is 62.9 Å². The summed E-state index contributed by atoms with van der Waals surface area (Å²) in [4.78, 5) is 4.39. The van der Waals surface area contributed by atoms with Crippen molar-refractivity contribution in [2.45, 2.75) is 51.0 Å². The summed E-state index contributed by atoms with van der Waals surface area (Å²) in [6, 6.07) is 8.51. The first-order valence-electron chi connectivity index (χ1n) is 7.79. The SMILES string of the molecule is CC(C)(C)c1ccc(/C=C/c2nc(C3(N)CCC3)no2)cc1.Cl. The predicted octanol–water partition coefficient (Wildman–Crippen LogP) is 4.30. The molecule has 0 saturated heterocycles. The maximum Gasteiger partial charge on any atom is 0.250 e. The van der Waals surface area contributed by atoms with E-state index in [-0.39, 0.29) is 23.4 Å². The number of aromatic nitrogens is 2. The quantitative estimate of drug-likeness (QED) is 0.909. The van der Waals surface area contributed by atoms with Gasteiger partial charge in [0.1, 0.15) is 0 Å². The molecule has 0 spiro atoms. The molecule has 5 heteroatoms. The van der Waals surface area contributed by atoms with Crippen molar-refractivity contribution >= 4 is 24.6 Å². The van der Waals surface area contributed by atoms with Gasteiger partial charge in [-0.2, -0.15) is 4.98 Å². The van der Waals surface area contributed by atoms with Crippen molar-refractivity contribution in [1.29, 1.82) is 0 Å². The molecule has 2 N–H and O–H groups in total. The molecule has 1 saturated carbocycles.